The van der Waals surface area contributed by atoms with Crippen molar-refractivity contribution in [3.8, 4) is 0 Å². The highest BCUT2D eigenvalue weighted by Gasteiger charge is 2.38. The van der Waals surface area contributed by atoms with E-state index in [0.29, 0.717) is 5.56 Å². The Morgan fingerprint density at radius 3 is 2.78 bits per heavy atom. The van der Waals surface area contributed by atoms with Crippen LogP contribution >= 0.6 is 0 Å². The number of carbonyl (C=O) groups is 1. The molecule has 18 heavy (non-hydrogen) atoms. The van der Waals surface area contributed by atoms with Gasteiger partial charge in [-0.3, -0.25) is 9.78 Å². The van der Waals surface area contributed by atoms with Crippen molar-refractivity contribution < 1.29 is 13.2 Å². The Hall–Kier alpha value is -1.43. The zero-order valence-corrected chi connectivity index (χ0v) is 11.2. The third-order valence-electron chi connectivity index (χ3n) is 3.52. The molecular weight excluding hydrogens is 252 g/mol. The first kappa shape index (κ1) is 13.0. The highest BCUT2D eigenvalue weighted by Crippen LogP contribution is 2.21. The van der Waals surface area contributed by atoms with Crippen molar-refractivity contribution in [3.63, 3.8) is 0 Å². The number of amides is 1. The van der Waals surface area contributed by atoms with E-state index >= 15 is 0 Å². The molecule has 0 radical (unpaired) electrons. The van der Waals surface area contributed by atoms with Crippen molar-refractivity contribution in [1.82, 2.24) is 9.88 Å². The van der Waals surface area contributed by atoms with Crippen LogP contribution in [0.4, 0.5) is 0 Å². The largest absolute Gasteiger partial charge is 0.334 e. The molecule has 2 atom stereocenters. The molecule has 0 spiro atoms. The summed E-state index contributed by atoms with van der Waals surface area (Å²) in [6, 6.07) is 3.08. The van der Waals surface area contributed by atoms with Gasteiger partial charge in [0.2, 0.25) is 0 Å². The van der Waals surface area contributed by atoms with Crippen molar-refractivity contribution in [2.45, 2.75) is 25.1 Å². The lowest BCUT2D eigenvalue weighted by Crippen LogP contribution is -2.54. The molecule has 0 bridgehead atoms. The van der Waals surface area contributed by atoms with E-state index in [0.717, 1.165) is 0 Å². The van der Waals surface area contributed by atoms with Crippen LogP contribution in [-0.2, 0) is 9.84 Å². The van der Waals surface area contributed by atoms with Crippen molar-refractivity contribution in [2.24, 2.45) is 0 Å². The number of nitrogens with zero attached hydrogens (tertiary/aromatic N) is 2. The first-order valence-electron chi connectivity index (χ1n) is 5.86. The van der Waals surface area contributed by atoms with Gasteiger partial charge in [0.15, 0.2) is 9.84 Å². The van der Waals surface area contributed by atoms with E-state index in [1.165, 1.54) is 6.20 Å². The average molecular weight is 268 g/mol. The van der Waals surface area contributed by atoms with Crippen LogP contribution in [0.3, 0.4) is 0 Å². The van der Waals surface area contributed by atoms with Gasteiger partial charge >= 0.3 is 0 Å². The molecule has 5 nitrogen and oxygen atoms in total. The number of hydrogen-bond donors (Lipinski definition) is 0. The molecule has 0 aliphatic carbocycles. The predicted octanol–water partition coefficient (Wildman–Crippen LogP) is 0.729. The summed E-state index contributed by atoms with van der Waals surface area (Å²) >= 11 is 0. The first-order chi connectivity index (χ1) is 8.43. The third-order valence-corrected chi connectivity index (χ3v) is 5.80. The van der Waals surface area contributed by atoms with E-state index in [1.54, 1.807) is 37.1 Å². The molecule has 1 fully saturated rings. The van der Waals surface area contributed by atoms with Gasteiger partial charge in [0, 0.05) is 25.0 Å². The third kappa shape index (κ3) is 2.25. The molecule has 1 amide bonds. The fourth-order valence-corrected chi connectivity index (χ4v) is 3.68. The van der Waals surface area contributed by atoms with Gasteiger partial charge in [0.05, 0.1) is 16.6 Å². The SMILES string of the molecule is C[C@@H]1[C@@H](C)S(=O)(=O)CCN1C(=O)c1cccnc1. The fraction of sp³-hybridized carbons (Fsp3) is 0.500. The van der Waals surface area contributed by atoms with E-state index in [2.05, 4.69) is 4.98 Å². The van der Waals surface area contributed by atoms with Crippen molar-refractivity contribution in [2.75, 3.05) is 12.3 Å². The van der Waals surface area contributed by atoms with Gasteiger partial charge < -0.3 is 4.90 Å². The van der Waals surface area contributed by atoms with Crippen molar-refractivity contribution >= 4 is 15.7 Å². The van der Waals surface area contributed by atoms with E-state index in [9.17, 15) is 13.2 Å². The summed E-state index contributed by atoms with van der Waals surface area (Å²) in [5.41, 5.74) is 0.496. The Morgan fingerprint density at radius 2 is 2.17 bits per heavy atom. The average Bonchev–Trinajstić information content (AvgIpc) is 2.37. The van der Waals surface area contributed by atoms with Crippen LogP contribution < -0.4 is 0 Å². The van der Waals surface area contributed by atoms with Gasteiger partial charge in [-0.2, -0.15) is 0 Å². The molecule has 0 unspecified atom stereocenters. The molecule has 1 aliphatic heterocycles. The lowest BCUT2D eigenvalue weighted by atomic mass is 10.1. The zero-order chi connectivity index (χ0) is 13.3. The summed E-state index contributed by atoms with van der Waals surface area (Å²) < 4.78 is 23.5. The minimum Gasteiger partial charge on any atom is -0.334 e. The van der Waals surface area contributed by atoms with E-state index in [1.807, 2.05) is 0 Å². The van der Waals surface area contributed by atoms with Crippen LogP contribution in [0.25, 0.3) is 0 Å². The minimum atomic E-state index is -3.07. The number of sulfone groups is 1. The number of hydrogen-bond acceptors (Lipinski definition) is 4. The van der Waals surface area contributed by atoms with Gasteiger partial charge in [-0.25, -0.2) is 8.42 Å². The summed E-state index contributed by atoms with van der Waals surface area (Å²) in [5, 5.41) is -0.521. The van der Waals surface area contributed by atoms with Crippen molar-refractivity contribution in [3.05, 3.63) is 30.1 Å². The summed E-state index contributed by atoms with van der Waals surface area (Å²) in [6.07, 6.45) is 3.10. The molecule has 0 aromatic carbocycles. The summed E-state index contributed by atoms with van der Waals surface area (Å²) in [6.45, 7) is 3.68. The van der Waals surface area contributed by atoms with Gasteiger partial charge in [-0.15, -0.1) is 0 Å². The van der Waals surface area contributed by atoms with E-state index in [4.69, 9.17) is 0 Å². The molecule has 6 heteroatoms. The standard InChI is InChI=1S/C12H16N2O3S/c1-9-10(2)18(16,17)7-6-14(9)12(15)11-4-3-5-13-8-11/h3-5,8-10H,6-7H2,1-2H3/t9-,10-/m1/s1. The number of carbonyl (C=O) groups excluding carboxylic acids is 1. The predicted molar refractivity (Wildman–Crippen MR) is 68.0 cm³/mol. The van der Waals surface area contributed by atoms with Crippen LogP contribution in [-0.4, -0.2) is 47.8 Å². The highest BCUT2D eigenvalue weighted by molar-refractivity contribution is 7.92. The van der Waals surface area contributed by atoms with Crippen LogP contribution in [0, 0.1) is 0 Å². The highest BCUT2D eigenvalue weighted by atomic mass is 32.2. The van der Waals surface area contributed by atoms with Crippen molar-refractivity contribution in [1.29, 1.82) is 0 Å². The quantitative estimate of drug-likeness (QED) is 0.753. The lowest BCUT2D eigenvalue weighted by Gasteiger charge is -2.37. The second-order valence-electron chi connectivity index (χ2n) is 4.55. The van der Waals surface area contributed by atoms with Crippen LogP contribution in [0.1, 0.15) is 24.2 Å². The van der Waals surface area contributed by atoms with E-state index in [-0.39, 0.29) is 24.2 Å². The van der Waals surface area contributed by atoms with Gasteiger partial charge in [-0.05, 0) is 26.0 Å². The van der Waals surface area contributed by atoms with Gasteiger partial charge in [-0.1, -0.05) is 0 Å². The molecular formula is C12H16N2O3S. The Kier molecular flexibility index (Phi) is 3.38. The Labute approximate surface area is 107 Å². The molecule has 1 aromatic heterocycles. The molecule has 2 rings (SSSR count). The molecule has 1 aliphatic rings. The maximum atomic E-state index is 12.3. The normalized spacial score (nSPS) is 26.9. The summed E-state index contributed by atoms with van der Waals surface area (Å²) in [5.74, 6) is -0.123. The maximum Gasteiger partial charge on any atom is 0.255 e. The van der Waals surface area contributed by atoms with Gasteiger partial charge in [0.25, 0.3) is 5.91 Å². The molecule has 0 N–H and O–H groups in total. The zero-order valence-electron chi connectivity index (χ0n) is 10.4. The van der Waals surface area contributed by atoms with Crippen LogP contribution in [0.15, 0.2) is 24.5 Å². The monoisotopic (exact) mass is 268 g/mol. The van der Waals surface area contributed by atoms with Gasteiger partial charge in [0.1, 0.15) is 0 Å². The first-order valence-corrected chi connectivity index (χ1v) is 7.57. The molecule has 0 saturated carbocycles. The molecule has 1 saturated heterocycles. The second-order valence-corrected chi connectivity index (χ2v) is 7.03. The van der Waals surface area contributed by atoms with E-state index < -0.39 is 15.1 Å². The smallest absolute Gasteiger partial charge is 0.255 e. The topological polar surface area (TPSA) is 67.3 Å². The number of pyridine rings is 1. The fourth-order valence-electron chi connectivity index (χ4n) is 2.11. The second kappa shape index (κ2) is 4.68. The van der Waals surface area contributed by atoms with Crippen LogP contribution in [0.5, 0.6) is 0 Å². The Morgan fingerprint density at radius 1 is 1.44 bits per heavy atom. The molecule has 1 aromatic rings. The number of aromatic nitrogens is 1. The summed E-state index contributed by atoms with van der Waals surface area (Å²) in [4.78, 5) is 17.8. The molecule has 2 heterocycles. The lowest BCUT2D eigenvalue weighted by molar-refractivity contribution is 0.0693. The Bertz CT molecular complexity index is 542. The Balaban J connectivity index is 2.23. The maximum absolute atomic E-state index is 12.3. The summed E-state index contributed by atoms with van der Waals surface area (Å²) in [7, 11) is -3.07. The van der Waals surface area contributed by atoms with Crippen LogP contribution in [0.2, 0.25) is 0 Å². The molecule has 98 valence electrons. The number of rotatable bonds is 1. The minimum absolute atomic E-state index is 0.0323.